The largest absolute Gasteiger partial charge is 0.443 e. The van der Waals surface area contributed by atoms with Crippen molar-refractivity contribution in [3.05, 3.63) is 36.0 Å². The predicted octanol–water partition coefficient (Wildman–Crippen LogP) is 5.14. The zero-order chi connectivity index (χ0) is 18.6. The summed E-state index contributed by atoms with van der Waals surface area (Å²) in [6.07, 6.45) is 9.47. The SMILES string of the molecule is CC(C)(C)OC(=O)n1ccc2cc(CCNCC3CCCCC3)ccc21. The van der Waals surface area contributed by atoms with Crippen LogP contribution in [0, 0.1) is 5.92 Å². The fourth-order valence-electron chi connectivity index (χ4n) is 3.75. The summed E-state index contributed by atoms with van der Waals surface area (Å²) in [5.41, 5.74) is 1.71. The average molecular weight is 357 g/mol. The van der Waals surface area contributed by atoms with Gasteiger partial charge in [0, 0.05) is 11.6 Å². The van der Waals surface area contributed by atoms with Gasteiger partial charge in [-0.2, -0.15) is 0 Å². The molecule has 1 aliphatic rings. The van der Waals surface area contributed by atoms with Crippen LogP contribution in [0.5, 0.6) is 0 Å². The quantitative estimate of drug-likeness (QED) is 0.755. The molecule has 1 aromatic heterocycles. The van der Waals surface area contributed by atoms with Gasteiger partial charge in [-0.05, 0) is 82.8 Å². The summed E-state index contributed by atoms with van der Waals surface area (Å²) in [7, 11) is 0. The Morgan fingerprint density at radius 2 is 1.96 bits per heavy atom. The first-order valence-electron chi connectivity index (χ1n) is 9.96. The molecule has 1 N–H and O–H groups in total. The van der Waals surface area contributed by atoms with E-state index in [1.54, 1.807) is 10.8 Å². The molecule has 4 heteroatoms. The maximum atomic E-state index is 12.3. The summed E-state index contributed by atoms with van der Waals surface area (Å²) in [6, 6.07) is 8.30. The van der Waals surface area contributed by atoms with Crippen LogP contribution in [0.25, 0.3) is 10.9 Å². The van der Waals surface area contributed by atoms with Crippen molar-refractivity contribution in [1.82, 2.24) is 9.88 Å². The minimum Gasteiger partial charge on any atom is -0.443 e. The second-order valence-corrected chi connectivity index (χ2v) is 8.52. The summed E-state index contributed by atoms with van der Waals surface area (Å²) in [5, 5.41) is 4.71. The Labute approximate surface area is 156 Å². The first-order chi connectivity index (χ1) is 12.4. The molecular weight excluding hydrogens is 324 g/mol. The van der Waals surface area contributed by atoms with Gasteiger partial charge in [0.15, 0.2) is 0 Å². The standard InChI is InChI=1S/C22H32N2O2/c1-22(2,3)26-21(25)24-14-12-19-15-17(9-10-20(19)24)11-13-23-16-18-7-5-4-6-8-18/h9-10,12,14-15,18,23H,4-8,11,13,16H2,1-3H3. The second-order valence-electron chi connectivity index (χ2n) is 8.52. The highest BCUT2D eigenvalue weighted by Crippen LogP contribution is 2.23. The number of nitrogens with zero attached hydrogens (tertiary/aromatic N) is 1. The van der Waals surface area contributed by atoms with E-state index in [9.17, 15) is 4.79 Å². The lowest BCUT2D eigenvalue weighted by molar-refractivity contribution is 0.0544. The Balaban J connectivity index is 1.55. The van der Waals surface area contributed by atoms with E-state index < -0.39 is 5.60 Å². The van der Waals surface area contributed by atoms with Gasteiger partial charge in [-0.1, -0.05) is 25.3 Å². The third kappa shape index (κ3) is 5.10. The normalized spacial score (nSPS) is 16.1. The van der Waals surface area contributed by atoms with Crippen LogP contribution in [0.1, 0.15) is 58.4 Å². The molecule has 0 radical (unpaired) electrons. The third-order valence-electron chi connectivity index (χ3n) is 5.09. The Morgan fingerprint density at radius 3 is 2.69 bits per heavy atom. The van der Waals surface area contributed by atoms with Crippen LogP contribution >= 0.6 is 0 Å². The lowest BCUT2D eigenvalue weighted by Gasteiger charge is -2.21. The molecule has 1 fully saturated rings. The van der Waals surface area contributed by atoms with Gasteiger partial charge < -0.3 is 10.1 Å². The zero-order valence-electron chi connectivity index (χ0n) is 16.4. The fourth-order valence-corrected chi connectivity index (χ4v) is 3.75. The first-order valence-corrected chi connectivity index (χ1v) is 9.96. The number of hydrogen-bond donors (Lipinski definition) is 1. The smallest absolute Gasteiger partial charge is 0.418 e. The Hall–Kier alpha value is -1.81. The lowest BCUT2D eigenvalue weighted by atomic mass is 9.89. The molecule has 3 rings (SSSR count). The van der Waals surface area contributed by atoms with Crippen molar-refractivity contribution in [2.75, 3.05) is 13.1 Å². The molecule has 1 aliphatic carbocycles. The van der Waals surface area contributed by atoms with E-state index in [0.717, 1.165) is 36.3 Å². The molecule has 142 valence electrons. The summed E-state index contributed by atoms with van der Waals surface area (Å²) < 4.78 is 7.06. The van der Waals surface area contributed by atoms with Gasteiger partial charge in [-0.15, -0.1) is 0 Å². The molecule has 2 aromatic rings. The van der Waals surface area contributed by atoms with Gasteiger partial charge in [0.05, 0.1) is 5.52 Å². The van der Waals surface area contributed by atoms with Gasteiger partial charge in [0.2, 0.25) is 0 Å². The van der Waals surface area contributed by atoms with Gasteiger partial charge in [0.1, 0.15) is 5.60 Å². The van der Waals surface area contributed by atoms with Gasteiger partial charge >= 0.3 is 6.09 Å². The van der Waals surface area contributed by atoms with Crippen LogP contribution in [-0.4, -0.2) is 29.4 Å². The van der Waals surface area contributed by atoms with Crippen LogP contribution in [0.2, 0.25) is 0 Å². The number of fused-ring (bicyclic) bond motifs is 1. The summed E-state index contributed by atoms with van der Waals surface area (Å²) in [4.78, 5) is 12.3. The van der Waals surface area contributed by atoms with E-state index in [-0.39, 0.29) is 6.09 Å². The summed E-state index contributed by atoms with van der Waals surface area (Å²) >= 11 is 0. The third-order valence-corrected chi connectivity index (χ3v) is 5.09. The molecule has 1 heterocycles. The van der Waals surface area contributed by atoms with Crippen LogP contribution in [0.4, 0.5) is 4.79 Å². The van der Waals surface area contributed by atoms with Gasteiger partial charge in [0.25, 0.3) is 0 Å². The van der Waals surface area contributed by atoms with Crippen LogP contribution in [0.15, 0.2) is 30.5 Å². The number of carbonyl (C=O) groups is 1. The van der Waals surface area contributed by atoms with E-state index >= 15 is 0 Å². The van der Waals surface area contributed by atoms with Crippen molar-refractivity contribution < 1.29 is 9.53 Å². The van der Waals surface area contributed by atoms with Crippen molar-refractivity contribution in [2.24, 2.45) is 5.92 Å². The molecule has 0 amide bonds. The molecule has 0 atom stereocenters. The molecule has 0 saturated heterocycles. The maximum Gasteiger partial charge on any atom is 0.418 e. The van der Waals surface area contributed by atoms with E-state index in [1.165, 1.54) is 37.7 Å². The maximum absolute atomic E-state index is 12.3. The molecule has 0 unspecified atom stereocenters. The first kappa shape index (κ1) is 19.0. The number of nitrogens with one attached hydrogen (secondary N) is 1. The van der Waals surface area contributed by atoms with Crippen molar-refractivity contribution in [1.29, 1.82) is 0 Å². The van der Waals surface area contributed by atoms with E-state index in [4.69, 9.17) is 4.74 Å². The monoisotopic (exact) mass is 356 g/mol. The predicted molar refractivity (Wildman–Crippen MR) is 107 cm³/mol. The number of aromatic nitrogens is 1. The number of hydrogen-bond acceptors (Lipinski definition) is 3. The van der Waals surface area contributed by atoms with Gasteiger partial charge in [-0.3, -0.25) is 4.57 Å². The van der Waals surface area contributed by atoms with E-state index in [0.29, 0.717) is 0 Å². The number of carbonyl (C=O) groups excluding carboxylic acids is 1. The molecule has 0 bridgehead atoms. The molecule has 1 saturated carbocycles. The van der Waals surface area contributed by atoms with Crippen molar-refractivity contribution in [2.45, 2.75) is 64.9 Å². The van der Waals surface area contributed by atoms with Crippen molar-refractivity contribution >= 4 is 17.0 Å². The highest BCUT2D eigenvalue weighted by atomic mass is 16.6. The van der Waals surface area contributed by atoms with Crippen LogP contribution < -0.4 is 5.32 Å². The van der Waals surface area contributed by atoms with Crippen molar-refractivity contribution in [3.63, 3.8) is 0 Å². The van der Waals surface area contributed by atoms with Crippen molar-refractivity contribution in [3.8, 4) is 0 Å². The minimum absolute atomic E-state index is 0.325. The Kier molecular flexibility index (Phi) is 6.02. The highest BCUT2D eigenvalue weighted by molar-refractivity contribution is 5.89. The number of ether oxygens (including phenoxy) is 1. The Morgan fingerprint density at radius 1 is 1.19 bits per heavy atom. The molecular formula is C22H32N2O2. The lowest BCUT2D eigenvalue weighted by Crippen LogP contribution is -2.26. The van der Waals surface area contributed by atoms with Crippen LogP contribution in [0.3, 0.4) is 0 Å². The molecule has 0 aliphatic heterocycles. The molecule has 26 heavy (non-hydrogen) atoms. The zero-order valence-corrected chi connectivity index (χ0v) is 16.4. The van der Waals surface area contributed by atoms with Gasteiger partial charge in [-0.25, -0.2) is 4.79 Å². The van der Waals surface area contributed by atoms with Crippen LogP contribution in [-0.2, 0) is 11.2 Å². The summed E-state index contributed by atoms with van der Waals surface area (Å²) in [6.45, 7) is 7.81. The topological polar surface area (TPSA) is 43.3 Å². The Bertz CT molecular complexity index is 736. The molecule has 4 nitrogen and oxygen atoms in total. The molecule has 0 spiro atoms. The van der Waals surface area contributed by atoms with E-state index in [2.05, 4.69) is 17.4 Å². The average Bonchev–Trinajstić information content (AvgIpc) is 3.01. The minimum atomic E-state index is -0.488. The summed E-state index contributed by atoms with van der Waals surface area (Å²) in [5.74, 6) is 0.870. The van der Waals surface area contributed by atoms with E-state index in [1.807, 2.05) is 32.9 Å². The number of benzene rings is 1. The highest BCUT2D eigenvalue weighted by Gasteiger charge is 2.19. The second kappa shape index (κ2) is 8.26. The molecule has 1 aromatic carbocycles. The fraction of sp³-hybridized carbons (Fsp3) is 0.591. The number of rotatable bonds is 5.